The number of morpholine rings is 1. The van der Waals surface area contributed by atoms with Crippen molar-refractivity contribution >= 4 is 11.7 Å². The van der Waals surface area contributed by atoms with E-state index in [4.69, 9.17) is 9.47 Å². The number of anilines is 1. The van der Waals surface area contributed by atoms with E-state index in [1.54, 1.807) is 12.3 Å². The summed E-state index contributed by atoms with van der Waals surface area (Å²) in [7, 11) is 0. The van der Waals surface area contributed by atoms with Crippen LogP contribution in [0.5, 0.6) is 5.75 Å². The molecule has 3 rings (SSSR count). The molecule has 6 nitrogen and oxygen atoms in total. The van der Waals surface area contributed by atoms with Gasteiger partial charge >= 0.3 is 0 Å². The SMILES string of the molecule is C[C@H]1CN(CC[C@H]2Oc3cccnc3NC2=O)C[C@H](C)O1. The van der Waals surface area contributed by atoms with E-state index < -0.39 is 6.10 Å². The fourth-order valence-corrected chi connectivity index (χ4v) is 2.94. The minimum Gasteiger partial charge on any atom is -0.477 e. The lowest BCUT2D eigenvalue weighted by molar-refractivity contribution is -0.124. The highest BCUT2D eigenvalue weighted by atomic mass is 16.5. The molecule has 1 N–H and O–H groups in total. The van der Waals surface area contributed by atoms with Crippen LogP contribution in [0.25, 0.3) is 0 Å². The third-order valence-corrected chi connectivity index (χ3v) is 3.78. The first-order valence-electron chi connectivity index (χ1n) is 7.42. The predicted octanol–water partition coefficient (Wildman–Crippen LogP) is 1.28. The quantitative estimate of drug-likeness (QED) is 0.909. The van der Waals surface area contributed by atoms with Crippen molar-refractivity contribution in [2.45, 2.75) is 38.6 Å². The third-order valence-electron chi connectivity index (χ3n) is 3.78. The Hall–Kier alpha value is -1.66. The van der Waals surface area contributed by atoms with E-state index in [1.165, 1.54) is 0 Å². The van der Waals surface area contributed by atoms with Crippen molar-refractivity contribution in [3.8, 4) is 5.75 Å². The molecule has 1 amide bonds. The normalized spacial score (nSPS) is 29.4. The summed E-state index contributed by atoms with van der Waals surface area (Å²) in [5, 5.41) is 2.80. The van der Waals surface area contributed by atoms with Crippen molar-refractivity contribution in [3.63, 3.8) is 0 Å². The van der Waals surface area contributed by atoms with Gasteiger partial charge in [-0.05, 0) is 26.0 Å². The lowest BCUT2D eigenvalue weighted by Crippen LogP contribution is -2.47. The van der Waals surface area contributed by atoms with Crippen LogP contribution in [-0.4, -0.2) is 53.7 Å². The van der Waals surface area contributed by atoms with E-state index in [1.807, 2.05) is 6.07 Å². The van der Waals surface area contributed by atoms with Gasteiger partial charge in [-0.1, -0.05) is 0 Å². The van der Waals surface area contributed by atoms with Gasteiger partial charge < -0.3 is 14.8 Å². The molecule has 114 valence electrons. The molecule has 1 aromatic rings. The first-order chi connectivity index (χ1) is 10.1. The Balaban J connectivity index is 1.57. The molecule has 0 aliphatic carbocycles. The van der Waals surface area contributed by atoms with Gasteiger partial charge in [0.05, 0.1) is 12.2 Å². The van der Waals surface area contributed by atoms with Crippen molar-refractivity contribution in [1.82, 2.24) is 9.88 Å². The highest BCUT2D eigenvalue weighted by Crippen LogP contribution is 2.27. The molecule has 3 atom stereocenters. The summed E-state index contributed by atoms with van der Waals surface area (Å²) in [4.78, 5) is 18.5. The number of pyridine rings is 1. The highest BCUT2D eigenvalue weighted by Gasteiger charge is 2.29. The van der Waals surface area contributed by atoms with Gasteiger partial charge in [0.1, 0.15) is 0 Å². The van der Waals surface area contributed by atoms with Gasteiger partial charge in [-0.3, -0.25) is 9.69 Å². The van der Waals surface area contributed by atoms with Crippen LogP contribution in [0.1, 0.15) is 20.3 Å². The van der Waals surface area contributed by atoms with Crippen molar-refractivity contribution in [3.05, 3.63) is 18.3 Å². The molecule has 0 unspecified atom stereocenters. The predicted molar refractivity (Wildman–Crippen MR) is 78.3 cm³/mol. The number of fused-ring (bicyclic) bond motifs is 1. The maximum absolute atomic E-state index is 12.0. The lowest BCUT2D eigenvalue weighted by atomic mass is 10.1. The van der Waals surface area contributed by atoms with Crippen LogP contribution in [0.4, 0.5) is 5.82 Å². The molecule has 0 radical (unpaired) electrons. The molecule has 1 aromatic heterocycles. The van der Waals surface area contributed by atoms with Gasteiger partial charge in [0.25, 0.3) is 5.91 Å². The van der Waals surface area contributed by atoms with Gasteiger partial charge in [-0.2, -0.15) is 0 Å². The average molecular weight is 291 g/mol. The largest absolute Gasteiger partial charge is 0.477 e. The van der Waals surface area contributed by atoms with Gasteiger partial charge in [-0.25, -0.2) is 4.98 Å². The Bertz CT molecular complexity index is 513. The number of nitrogens with one attached hydrogen (secondary N) is 1. The Morgan fingerprint density at radius 3 is 2.90 bits per heavy atom. The number of aromatic nitrogens is 1. The molecule has 0 saturated carbocycles. The monoisotopic (exact) mass is 291 g/mol. The summed E-state index contributed by atoms with van der Waals surface area (Å²) in [5.41, 5.74) is 0. The number of hydrogen-bond acceptors (Lipinski definition) is 5. The van der Waals surface area contributed by atoms with Gasteiger partial charge in [0, 0.05) is 32.3 Å². The maximum atomic E-state index is 12.0. The fourth-order valence-electron chi connectivity index (χ4n) is 2.94. The van der Waals surface area contributed by atoms with E-state index in [9.17, 15) is 4.79 Å². The zero-order valence-electron chi connectivity index (χ0n) is 12.4. The molecule has 0 bridgehead atoms. The summed E-state index contributed by atoms with van der Waals surface area (Å²) in [6.45, 7) is 6.78. The Morgan fingerprint density at radius 2 is 2.14 bits per heavy atom. The van der Waals surface area contributed by atoms with Crippen molar-refractivity contribution in [2.75, 3.05) is 25.0 Å². The van der Waals surface area contributed by atoms with Crippen LogP contribution < -0.4 is 10.1 Å². The van der Waals surface area contributed by atoms with Crippen LogP contribution in [0.3, 0.4) is 0 Å². The van der Waals surface area contributed by atoms with E-state index in [2.05, 4.69) is 29.0 Å². The Labute approximate surface area is 124 Å². The first kappa shape index (κ1) is 14.3. The Morgan fingerprint density at radius 1 is 1.38 bits per heavy atom. The molecule has 3 heterocycles. The van der Waals surface area contributed by atoms with Crippen molar-refractivity contribution in [1.29, 1.82) is 0 Å². The number of ether oxygens (including phenoxy) is 2. The molecular formula is C15H21N3O3. The minimum atomic E-state index is -0.449. The molecule has 21 heavy (non-hydrogen) atoms. The third kappa shape index (κ3) is 3.33. The van der Waals surface area contributed by atoms with Crippen LogP contribution in [0, 0.1) is 0 Å². The lowest BCUT2D eigenvalue weighted by Gasteiger charge is -2.36. The standard InChI is InChI=1S/C15H21N3O3/c1-10-8-18(9-11(2)20-10)7-5-13-15(19)17-14-12(21-13)4-3-6-16-14/h3-4,6,10-11,13H,5,7-9H2,1-2H3,(H,16,17,19)/t10-,11-,13+/m0/s1. The molecule has 2 aliphatic heterocycles. The second-order valence-electron chi connectivity index (χ2n) is 5.75. The van der Waals surface area contributed by atoms with Crippen molar-refractivity contribution in [2.24, 2.45) is 0 Å². The molecule has 2 aliphatic rings. The molecule has 0 aromatic carbocycles. The topological polar surface area (TPSA) is 63.7 Å². The zero-order chi connectivity index (χ0) is 14.8. The second kappa shape index (κ2) is 5.99. The van der Waals surface area contributed by atoms with Gasteiger partial charge in [0.2, 0.25) is 0 Å². The van der Waals surface area contributed by atoms with Crippen LogP contribution >= 0.6 is 0 Å². The van der Waals surface area contributed by atoms with E-state index in [-0.39, 0.29) is 18.1 Å². The Kier molecular flexibility index (Phi) is 4.07. The first-order valence-corrected chi connectivity index (χ1v) is 7.42. The van der Waals surface area contributed by atoms with E-state index >= 15 is 0 Å². The molecule has 0 spiro atoms. The fraction of sp³-hybridized carbons (Fsp3) is 0.600. The molecule has 1 fully saturated rings. The van der Waals surface area contributed by atoms with Gasteiger partial charge in [-0.15, -0.1) is 0 Å². The second-order valence-corrected chi connectivity index (χ2v) is 5.75. The summed E-state index contributed by atoms with van der Waals surface area (Å²) in [6, 6.07) is 3.63. The van der Waals surface area contributed by atoms with Crippen LogP contribution in [0.15, 0.2) is 18.3 Å². The zero-order valence-corrected chi connectivity index (χ0v) is 12.4. The van der Waals surface area contributed by atoms with Gasteiger partial charge in [0.15, 0.2) is 17.7 Å². The number of hydrogen-bond donors (Lipinski definition) is 1. The van der Waals surface area contributed by atoms with Crippen LogP contribution in [0.2, 0.25) is 0 Å². The molecular weight excluding hydrogens is 270 g/mol. The van der Waals surface area contributed by atoms with E-state index in [0.29, 0.717) is 18.0 Å². The molecule has 1 saturated heterocycles. The van der Waals surface area contributed by atoms with Crippen LogP contribution in [-0.2, 0) is 9.53 Å². The number of carbonyl (C=O) groups is 1. The molecule has 6 heteroatoms. The maximum Gasteiger partial charge on any atom is 0.266 e. The van der Waals surface area contributed by atoms with E-state index in [0.717, 1.165) is 19.6 Å². The summed E-state index contributed by atoms with van der Waals surface area (Å²) in [5.74, 6) is 1.04. The smallest absolute Gasteiger partial charge is 0.266 e. The summed E-state index contributed by atoms with van der Waals surface area (Å²) in [6.07, 6.45) is 2.33. The number of carbonyl (C=O) groups excluding carboxylic acids is 1. The number of amides is 1. The average Bonchev–Trinajstić information content (AvgIpc) is 2.44. The summed E-state index contributed by atoms with van der Waals surface area (Å²) >= 11 is 0. The van der Waals surface area contributed by atoms with Crippen molar-refractivity contribution < 1.29 is 14.3 Å². The highest BCUT2D eigenvalue weighted by molar-refractivity contribution is 5.96. The number of nitrogens with zero attached hydrogens (tertiary/aromatic N) is 2. The summed E-state index contributed by atoms with van der Waals surface area (Å²) < 4.78 is 11.5. The minimum absolute atomic E-state index is 0.115. The number of rotatable bonds is 3.